The summed E-state index contributed by atoms with van der Waals surface area (Å²) in [6, 6.07) is 5.67. The van der Waals surface area contributed by atoms with Gasteiger partial charge in [-0.25, -0.2) is 4.39 Å². The van der Waals surface area contributed by atoms with Gasteiger partial charge < -0.3 is 10.1 Å². The Morgan fingerprint density at radius 2 is 1.92 bits per heavy atom. The minimum atomic E-state index is -4.92. The van der Waals surface area contributed by atoms with Gasteiger partial charge in [-0.15, -0.1) is 0 Å². The number of alkyl halides is 3. The molecular weight excluding hydrogens is 428 g/mol. The smallest absolute Gasteiger partial charge is 0.418 e. The molecule has 0 saturated carbocycles. The van der Waals surface area contributed by atoms with Gasteiger partial charge in [-0.3, -0.25) is 14.9 Å². The maximum absolute atomic E-state index is 13.6. The van der Waals surface area contributed by atoms with Gasteiger partial charge in [0.2, 0.25) is 0 Å². The van der Waals surface area contributed by atoms with Crippen molar-refractivity contribution in [3.63, 3.8) is 0 Å². The van der Waals surface area contributed by atoms with Crippen LogP contribution in [0.1, 0.15) is 5.56 Å². The molecule has 0 aliphatic rings. The molecule has 2 rings (SSSR count). The Balaban J connectivity index is 2.14. The molecule has 2 aromatic carbocycles. The molecule has 6 nitrogen and oxygen atoms in total. The summed E-state index contributed by atoms with van der Waals surface area (Å²) in [5.41, 5.74) is -2.83. The summed E-state index contributed by atoms with van der Waals surface area (Å²) in [5, 5.41) is 12.6. The Kier molecular flexibility index (Phi) is 5.80. The molecule has 0 unspecified atom stereocenters. The Morgan fingerprint density at radius 1 is 1.23 bits per heavy atom. The van der Waals surface area contributed by atoms with E-state index in [4.69, 9.17) is 4.74 Å². The first-order valence-electron chi connectivity index (χ1n) is 6.81. The first-order chi connectivity index (χ1) is 12.1. The Bertz CT molecular complexity index is 858. The number of hydrogen-bond donors (Lipinski definition) is 1. The van der Waals surface area contributed by atoms with E-state index in [0.29, 0.717) is 10.5 Å². The summed E-state index contributed by atoms with van der Waals surface area (Å²) in [7, 11) is 0. The number of nitrogens with zero attached hydrogens (tertiary/aromatic N) is 1. The highest BCUT2D eigenvalue weighted by molar-refractivity contribution is 9.10. The average Bonchev–Trinajstić information content (AvgIpc) is 2.53. The lowest BCUT2D eigenvalue weighted by molar-refractivity contribution is -0.385. The zero-order valence-electron chi connectivity index (χ0n) is 12.6. The van der Waals surface area contributed by atoms with Crippen LogP contribution >= 0.6 is 15.9 Å². The summed E-state index contributed by atoms with van der Waals surface area (Å²) >= 11 is 3.03. The Hall–Kier alpha value is -2.69. The van der Waals surface area contributed by atoms with E-state index in [9.17, 15) is 32.5 Å². The van der Waals surface area contributed by atoms with Gasteiger partial charge >= 0.3 is 6.18 Å². The van der Waals surface area contributed by atoms with Crippen LogP contribution in [0.25, 0.3) is 0 Å². The number of nitro benzene ring substituents is 1. The molecule has 0 bridgehead atoms. The third-order valence-corrected chi connectivity index (χ3v) is 3.54. The van der Waals surface area contributed by atoms with E-state index < -0.39 is 46.4 Å². The Morgan fingerprint density at radius 3 is 2.50 bits per heavy atom. The minimum absolute atomic E-state index is 0.261. The van der Waals surface area contributed by atoms with Gasteiger partial charge in [0.15, 0.2) is 18.2 Å². The summed E-state index contributed by atoms with van der Waals surface area (Å²) in [6.45, 7) is -0.757. The highest BCUT2D eigenvalue weighted by atomic mass is 79.9. The van der Waals surface area contributed by atoms with Crippen molar-refractivity contribution in [1.82, 2.24) is 0 Å². The van der Waals surface area contributed by atoms with Crippen molar-refractivity contribution in [3.8, 4) is 5.75 Å². The topological polar surface area (TPSA) is 81.5 Å². The number of nitro groups is 1. The lowest BCUT2D eigenvalue weighted by atomic mass is 10.1. The van der Waals surface area contributed by atoms with Crippen LogP contribution in [0.2, 0.25) is 0 Å². The number of halogens is 5. The number of anilines is 1. The summed E-state index contributed by atoms with van der Waals surface area (Å²) < 4.78 is 58.0. The van der Waals surface area contributed by atoms with Gasteiger partial charge in [0.25, 0.3) is 11.6 Å². The fourth-order valence-electron chi connectivity index (χ4n) is 1.91. The Labute approximate surface area is 152 Å². The highest BCUT2D eigenvalue weighted by Crippen LogP contribution is 2.37. The molecule has 0 atom stereocenters. The summed E-state index contributed by atoms with van der Waals surface area (Å²) in [6.07, 6.45) is -4.92. The quantitative estimate of drug-likeness (QED) is 0.424. The van der Waals surface area contributed by atoms with Gasteiger partial charge in [0.1, 0.15) is 0 Å². The number of hydrogen-bond acceptors (Lipinski definition) is 4. The van der Waals surface area contributed by atoms with Gasteiger partial charge in [-0.05, 0) is 24.3 Å². The highest BCUT2D eigenvalue weighted by Gasteiger charge is 2.35. The van der Waals surface area contributed by atoms with Gasteiger partial charge in [-0.1, -0.05) is 15.9 Å². The minimum Gasteiger partial charge on any atom is -0.481 e. The van der Waals surface area contributed by atoms with E-state index in [0.717, 1.165) is 18.2 Å². The number of nitrogens with one attached hydrogen (secondary N) is 1. The normalized spacial score (nSPS) is 11.1. The molecule has 1 N–H and O–H groups in total. The first-order valence-corrected chi connectivity index (χ1v) is 7.60. The van der Waals surface area contributed by atoms with Crippen LogP contribution in [-0.4, -0.2) is 17.4 Å². The molecule has 0 aliphatic carbocycles. The molecule has 0 saturated heterocycles. The number of non-ortho nitro benzene ring substituents is 1. The molecule has 0 aliphatic heterocycles. The summed E-state index contributed by atoms with van der Waals surface area (Å²) in [4.78, 5) is 21.4. The van der Waals surface area contributed by atoms with Crippen molar-refractivity contribution < 1.29 is 32.0 Å². The monoisotopic (exact) mass is 436 g/mol. The second-order valence-corrected chi connectivity index (χ2v) is 5.81. The van der Waals surface area contributed by atoms with Crippen LogP contribution in [-0.2, 0) is 11.0 Å². The van der Waals surface area contributed by atoms with Crippen molar-refractivity contribution >= 4 is 33.2 Å². The average molecular weight is 437 g/mol. The van der Waals surface area contributed by atoms with Crippen molar-refractivity contribution in [3.05, 3.63) is 62.4 Å². The third-order valence-electron chi connectivity index (χ3n) is 3.05. The van der Waals surface area contributed by atoms with E-state index in [1.165, 1.54) is 12.1 Å². The second-order valence-electron chi connectivity index (χ2n) is 4.90. The van der Waals surface area contributed by atoms with Crippen LogP contribution in [0.3, 0.4) is 0 Å². The standard InChI is InChI=1S/C15H9BrF4N2O4/c16-8-1-4-13(11(17)5-8)26-7-14(23)21-12-3-2-9(22(24)25)6-10(12)15(18,19)20/h1-6H,7H2,(H,21,23). The molecule has 0 aromatic heterocycles. The van der Waals surface area contributed by atoms with E-state index in [1.807, 2.05) is 5.32 Å². The molecule has 1 amide bonds. The fraction of sp³-hybridized carbons (Fsp3) is 0.133. The van der Waals surface area contributed by atoms with Gasteiger partial charge in [-0.2, -0.15) is 13.2 Å². The second kappa shape index (κ2) is 7.68. The molecular formula is C15H9BrF4N2O4. The van der Waals surface area contributed by atoms with Gasteiger partial charge in [0.05, 0.1) is 16.2 Å². The SMILES string of the molecule is O=C(COc1ccc(Br)cc1F)Nc1ccc([N+](=O)[O-])cc1C(F)(F)F. The predicted octanol–water partition coefficient (Wildman–Crippen LogP) is 4.53. The van der Waals surface area contributed by atoms with E-state index in [2.05, 4.69) is 15.9 Å². The van der Waals surface area contributed by atoms with Crippen LogP contribution in [0.4, 0.5) is 28.9 Å². The zero-order chi connectivity index (χ0) is 19.5. The molecule has 0 radical (unpaired) electrons. The van der Waals surface area contributed by atoms with E-state index in [-0.39, 0.29) is 5.75 Å². The number of carbonyl (C=O) groups excluding carboxylic acids is 1. The van der Waals surface area contributed by atoms with Crippen molar-refractivity contribution in [2.24, 2.45) is 0 Å². The van der Waals surface area contributed by atoms with Crippen LogP contribution < -0.4 is 10.1 Å². The lowest BCUT2D eigenvalue weighted by Crippen LogP contribution is -2.22. The third kappa shape index (κ3) is 4.91. The number of ether oxygens (including phenoxy) is 1. The van der Waals surface area contributed by atoms with Crippen LogP contribution in [0.5, 0.6) is 5.75 Å². The maximum atomic E-state index is 13.6. The van der Waals surface area contributed by atoms with E-state index in [1.54, 1.807) is 0 Å². The van der Waals surface area contributed by atoms with Crippen molar-refractivity contribution in [2.75, 3.05) is 11.9 Å². The lowest BCUT2D eigenvalue weighted by Gasteiger charge is -2.14. The fourth-order valence-corrected chi connectivity index (χ4v) is 2.24. The van der Waals surface area contributed by atoms with Crippen LogP contribution in [0, 0.1) is 15.9 Å². The van der Waals surface area contributed by atoms with Gasteiger partial charge in [0, 0.05) is 16.6 Å². The number of carbonyl (C=O) groups is 1. The van der Waals surface area contributed by atoms with E-state index >= 15 is 0 Å². The van der Waals surface area contributed by atoms with Crippen LogP contribution in [0.15, 0.2) is 40.9 Å². The molecule has 2 aromatic rings. The van der Waals surface area contributed by atoms with Crippen molar-refractivity contribution in [2.45, 2.75) is 6.18 Å². The zero-order valence-corrected chi connectivity index (χ0v) is 14.2. The largest absolute Gasteiger partial charge is 0.481 e. The molecule has 11 heteroatoms. The molecule has 0 heterocycles. The maximum Gasteiger partial charge on any atom is 0.418 e. The number of amides is 1. The molecule has 0 fully saturated rings. The predicted molar refractivity (Wildman–Crippen MR) is 86.3 cm³/mol. The first kappa shape index (κ1) is 19.6. The number of benzene rings is 2. The molecule has 26 heavy (non-hydrogen) atoms. The number of rotatable bonds is 5. The summed E-state index contributed by atoms with van der Waals surface area (Å²) in [5.74, 6) is -2.02. The molecule has 138 valence electrons. The molecule has 0 spiro atoms. The van der Waals surface area contributed by atoms with Crippen molar-refractivity contribution in [1.29, 1.82) is 0 Å².